The summed E-state index contributed by atoms with van der Waals surface area (Å²) in [4.78, 5) is 4.24. The van der Waals surface area contributed by atoms with Crippen molar-refractivity contribution in [3.05, 3.63) is 30.6 Å². The van der Waals surface area contributed by atoms with E-state index < -0.39 is 0 Å². The molecule has 1 aromatic carbocycles. The molecule has 2 N–H and O–H groups in total. The molecule has 0 atom stereocenters. The second-order valence-electron chi connectivity index (χ2n) is 2.72. The molecule has 0 fully saturated rings. The summed E-state index contributed by atoms with van der Waals surface area (Å²) in [6, 6.07) is 8.06. The maximum Gasteiger partial charge on any atom is 0.0958 e. The zero-order valence-corrected chi connectivity index (χ0v) is 6.77. The van der Waals surface area contributed by atoms with E-state index in [2.05, 4.69) is 15.6 Å². The van der Waals surface area contributed by atoms with Gasteiger partial charge in [0.25, 0.3) is 0 Å². The van der Waals surface area contributed by atoms with E-state index in [0.29, 0.717) is 6.54 Å². The van der Waals surface area contributed by atoms with Crippen LogP contribution in [0.4, 0.5) is 0 Å². The lowest BCUT2D eigenvalue weighted by atomic mass is 10.3. The van der Waals surface area contributed by atoms with Gasteiger partial charge in [-0.3, -0.25) is 0 Å². The highest BCUT2D eigenvalue weighted by Crippen LogP contribution is 2.10. The van der Waals surface area contributed by atoms with Crippen LogP contribution in [-0.4, -0.2) is 16.1 Å². The van der Waals surface area contributed by atoms with Crippen molar-refractivity contribution >= 4 is 11.0 Å². The molecule has 0 aliphatic carbocycles. The Morgan fingerprint density at radius 3 is 3.00 bits per heavy atom. The zero-order chi connectivity index (χ0) is 8.39. The van der Waals surface area contributed by atoms with Crippen LogP contribution in [0.5, 0.6) is 0 Å². The van der Waals surface area contributed by atoms with E-state index in [9.17, 15) is 0 Å². The third-order valence-corrected chi connectivity index (χ3v) is 1.90. The molecule has 0 aliphatic heterocycles. The molecular formula is C9H11N3. The SMILES string of the molecule is NCCn1cnc2ccccc21. The minimum atomic E-state index is 0.653. The molecule has 1 aromatic heterocycles. The average molecular weight is 161 g/mol. The van der Waals surface area contributed by atoms with Crippen LogP contribution >= 0.6 is 0 Å². The summed E-state index contributed by atoms with van der Waals surface area (Å²) >= 11 is 0. The van der Waals surface area contributed by atoms with Crippen molar-refractivity contribution < 1.29 is 0 Å². The Bertz CT molecular complexity index is 378. The fourth-order valence-corrected chi connectivity index (χ4v) is 1.33. The Kier molecular flexibility index (Phi) is 1.80. The number of nitrogens with zero attached hydrogens (tertiary/aromatic N) is 2. The highest BCUT2D eigenvalue weighted by molar-refractivity contribution is 5.74. The van der Waals surface area contributed by atoms with Gasteiger partial charge in [-0.15, -0.1) is 0 Å². The maximum absolute atomic E-state index is 5.46. The Hall–Kier alpha value is -1.35. The second-order valence-corrected chi connectivity index (χ2v) is 2.72. The Labute approximate surface area is 70.8 Å². The third kappa shape index (κ3) is 1.08. The van der Waals surface area contributed by atoms with Gasteiger partial charge >= 0.3 is 0 Å². The Balaban J connectivity index is 2.55. The number of hydrogen-bond donors (Lipinski definition) is 1. The molecule has 12 heavy (non-hydrogen) atoms. The molecule has 0 spiro atoms. The molecular weight excluding hydrogens is 150 g/mol. The first kappa shape index (κ1) is 7.31. The first-order chi connectivity index (χ1) is 5.92. The summed E-state index contributed by atoms with van der Waals surface area (Å²) < 4.78 is 2.06. The van der Waals surface area contributed by atoms with Crippen LogP contribution in [0.25, 0.3) is 11.0 Å². The zero-order valence-electron chi connectivity index (χ0n) is 6.77. The lowest BCUT2D eigenvalue weighted by Crippen LogP contribution is -2.08. The van der Waals surface area contributed by atoms with Crippen molar-refractivity contribution in [2.45, 2.75) is 6.54 Å². The highest BCUT2D eigenvalue weighted by Gasteiger charge is 1.98. The summed E-state index contributed by atoms with van der Waals surface area (Å²) in [6.07, 6.45) is 1.83. The summed E-state index contributed by atoms with van der Waals surface area (Å²) in [5, 5.41) is 0. The van der Waals surface area contributed by atoms with Crippen molar-refractivity contribution in [3.8, 4) is 0 Å². The molecule has 0 radical (unpaired) electrons. The van der Waals surface area contributed by atoms with E-state index >= 15 is 0 Å². The van der Waals surface area contributed by atoms with Crippen molar-refractivity contribution in [2.24, 2.45) is 5.73 Å². The number of rotatable bonds is 2. The lowest BCUT2D eigenvalue weighted by Gasteiger charge is -1.99. The van der Waals surface area contributed by atoms with Gasteiger partial charge < -0.3 is 10.3 Å². The van der Waals surface area contributed by atoms with Gasteiger partial charge in [0.2, 0.25) is 0 Å². The number of fused-ring (bicyclic) bond motifs is 1. The van der Waals surface area contributed by atoms with Crippen LogP contribution in [0.1, 0.15) is 0 Å². The van der Waals surface area contributed by atoms with Gasteiger partial charge in [0, 0.05) is 13.1 Å². The summed E-state index contributed by atoms with van der Waals surface area (Å²) in [5.41, 5.74) is 7.65. The van der Waals surface area contributed by atoms with Gasteiger partial charge in [-0.05, 0) is 12.1 Å². The molecule has 0 saturated carbocycles. The number of nitrogens with two attached hydrogens (primary N) is 1. The van der Waals surface area contributed by atoms with Gasteiger partial charge in [0.15, 0.2) is 0 Å². The predicted molar refractivity (Wildman–Crippen MR) is 48.8 cm³/mol. The number of aromatic nitrogens is 2. The van der Waals surface area contributed by atoms with Crippen molar-refractivity contribution in [1.82, 2.24) is 9.55 Å². The molecule has 0 unspecified atom stereocenters. The predicted octanol–water partition coefficient (Wildman–Crippen LogP) is 0.995. The van der Waals surface area contributed by atoms with Crippen LogP contribution in [0.15, 0.2) is 30.6 Å². The highest BCUT2D eigenvalue weighted by atomic mass is 15.0. The quantitative estimate of drug-likeness (QED) is 0.714. The van der Waals surface area contributed by atoms with E-state index in [1.165, 1.54) is 0 Å². The van der Waals surface area contributed by atoms with E-state index in [-0.39, 0.29) is 0 Å². The van der Waals surface area contributed by atoms with Crippen LogP contribution in [0, 0.1) is 0 Å². The number of imidazole rings is 1. The molecule has 3 nitrogen and oxygen atoms in total. The van der Waals surface area contributed by atoms with Gasteiger partial charge in [0.1, 0.15) is 0 Å². The van der Waals surface area contributed by atoms with Gasteiger partial charge in [0.05, 0.1) is 17.4 Å². The van der Waals surface area contributed by atoms with Crippen LogP contribution in [0.3, 0.4) is 0 Å². The fourth-order valence-electron chi connectivity index (χ4n) is 1.33. The average Bonchev–Trinajstić information content (AvgIpc) is 2.50. The molecule has 62 valence electrons. The molecule has 0 aliphatic rings. The standard InChI is InChI=1S/C9H11N3/c10-5-6-12-7-11-8-3-1-2-4-9(8)12/h1-4,7H,5-6,10H2. The van der Waals surface area contributed by atoms with Gasteiger partial charge in [-0.25, -0.2) is 4.98 Å². The normalized spacial score (nSPS) is 10.8. The first-order valence-corrected chi connectivity index (χ1v) is 4.02. The number of hydrogen-bond acceptors (Lipinski definition) is 2. The summed E-state index contributed by atoms with van der Waals surface area (Å²) in [7, 11) is 0. The van der Waals surface area contributed by atoms with E-state index in [0.717, 1.165) is 17.6 Å². The largest absolute Gasteiger partial charge is 0.329 e. The van der Waals surface area contributed by atoms with E-state index in [1.807, 2.05) is 24.5 Å². The Morgan fingerprint density at radius 1 is 1.33 bits per heavy atom. The van der Waals surface area contributed by atoms with Crippen LogP contribution in [0.2, 0.25) is 0 Å². The molecule has 0 saturated heterocycles. The number of benzene rings is 1. The van der Waals surface area contributed by atoms with E-state index in [4.69, 9.17) is 5.73 Å². The van der Waals surface area contributed by atoms with Gasteiger partial charge in [-0.2, -0.15) is 0 Å². The van der Waals surface area contributed by atoms with Crippen LogP contribution in [-0.2, 0) is 6.54 Å². The van der Waals surface area contributed by atoms with Crippen molar-refractivity contribution in [2.75, 3.05) is 6.54 Å². The summed E-state index contributed by atoms with van der Waals surface area (Å²) in [5.74, 6) is 0. The maximum atomic E-state index is 5.46. The molecule has 0 amide bonds. The fraction of sp³-hybridized carbons (Fsp3) is 0.222. The first-order valence-electron chi connectivity index (χ1n) is 4.02. The third-order valence-electron chi connectivity index (χ3n) is 1.90. The van der Waals surface area contributed by atoms with E-state index in [1.54, 1.807) is 0 Å². The topological polar surface area (TPSA) is 43.8 Å². The monoisotopic (exact) mass is 161 g/mol. The minimum absolute atomic E-state index is 0.653. The second kappa shape index (κ2) is 2.95. The van der Waals surface area contributed by atoms with Crippen LogP contribution < -0.4 is 5.73 Å². The minimum Gasteiger partial charge on any atom is -0.329 e. The van der Waals surface area contributed by atoms with Crippen molar-refractivity contribution in [3.63, 3.8) is 0 Å². The molecule has 2 rings (SSSR count). The molecule has 1 heterocycles. The number of para-hydroxylation sites is 2. The molecule has 0 bridgehead atoms. The smallest absolute Gasteiger partial charge is 0.0958 e. The Morgan fingerprint density at radius 2 is 2.17 bits per heavy atom. The lowest BCUT2D eigenvalue weighted by molar-refractivity contribution is 0.728. The molecule has 2 aromatic rings. The van der Waals surface area contributed by atoms with Crippen molar-refractivity contribution in [1.29, 1.82) is 0 Å². The summed E-state index contributed by atoms with van der Waals surface area (Å²) in [6.45, 7) is 1.49. The van der Waals surface area contributed by atoms with Gasteiger partial charge in [-0.1, -0.05) is 12.1 Å². The molecule has 3 heteroatoms.